The lowest BCUT2D eigenvalue weighted by Crippen LogP contribution is -2.21. The first-order valence-corrected chi connectivity index (χ1v) is 8.83. The Morgan fingerprint density at radius 3 is 2.64 bits per heavy atom. The molecule has 2 amide bonds. The second-order valence-corrected chi connectivity index (χ2v) is 7.06. The number of nitrogens with one attached hydrogen (secondary N) is 2. The van der Waals surface area contributed by atoms with E-state index in [0.29, 0.717) is 17.7 Å². The fourth-order valence-corrected chi connectivity index (χ4v) is 3.63. The van der Waals surface area contributed by atoms with Crippen LogP contribution >= 0.6 is 0 Å². The lowest BCUT2D eigenvalue weighted by Gasteiger charge is -2.18. The molecule has 1 aliphatic heterocycles. The maximum atomic E-state index is 14.3. The van der Waals surface area contributed by atoms with Crippen molar-refractivity contribution in [2.45, 2.75) is 31.4 Å². The maximum absolute atomic E-state index is 14.3. The number of aryl methyl sites for hydroxylation is 1. The molecule has 0 radical (unpaired) electrons. The van der Waals surface area contributed by atoms with Gasteiger partial charge in [0.2, 0.25) is 11.8 Å². The smallest absolute Gasteiger partial charge is 0.326 e. The molecule has 4 rings (SSSR count). The highest BCUT2D eigenvalue weighted by atomic mass is 19.4. The first-order chi connectivity index (χ1) is 13.2. The Morgan fingerprint density at radius 2 is 1.89 bits per heavy atom. The average molecular weight is 392 g/mol. The van der Waals surface area contributed by atoms with Crippen molar-refractivity contribution in [3.05, 3.63) is 58.9 Å². The van der Waals surface area contributed by atoms with E-state index in [4.69, 9.17) is 0 Å². The zero-order valence-corrected chi connectivity index (χ0v) is 14.6. The summed E-state index contributed by atoms with van der Waals surface area (Å²) in [5, 5.41) is 5.05. The third-order valence-corrected chi connectivity index (χ3v) is 5.14. The summed E-state index contributed by atoms with van der Waals surface area (Å²) in [6, 6.07) is 7.80. The van der Waals surface area contributed by atoms with Gasteiger partial charge in [-0.3, -0.25) is 9.59 Å². The molecule has 0 spiro atoms. The van der Waals surface area contributed by atoms with E-state index in [9.17, 15) is 27.2 Å². The van der Waals surface area contributed by atoms with Gasteiger partial charge < -0.3 is 10.6 Å². The lowest BCUT2D eigenvalue weighted by atomic mass is 10.0. The van der Waals surface area contributed by atoms with Crippen LogP contribution in [0.4, 0.5) is 28.9 Å². The van der Waals surface area contributed by atoms with Crippen LogP contribution in [-0.4, -0.2) is 11.8 Å². The SMILES string of the molecule is O=C1CCc2cc(NC(=O)C3CC3c3ccccc3C(F)(F)F)c(F)cc2N1. The van der Waals surface area contributed by atoms with Gasteiger partial charge in [0, 0.05) is 18.0 Å². The first kappa shape index (κ1) is 18.5. The largest absolute Gasteiger partial charge is 0.416 e. The van der Waals surface area contributed by atoms with Crippen molar-refractivity contribution in [1.29, 1.82) is 0 Å². The molecule has 1 heterocycles. The molecule has 2 unspecified atom stereocenters. The number of hydrogen-bond donors (Lipinski definition) is 2. The predicted molar refractivity (Wildman–Crippen MR) is 94.3 cm³/mol. The number of hydrogen-bond acceptors (Lipinski definition) is 2. The van der Waals surface area contributed by atoms with E-state index in [1.807, 2.05) is 0 Å². The first-order valence-electron chi connectivity index (χ1n) is 8.83. The van der Waals surface area contributed by atoms with Gasteiger partial charge in [0.25, 0.3) is 0 Å². The van der Waals surface area contributed by atoms with E-state index < -0.39 is 35.3 Å². The third kappa shape index (κ3) is 3.46. The van der Waals surface area contributed by atoms with Gasteiger partial charge in [-0.25, -0.2) is 4.39 Å². The highest BCUT2D eigenvalue weighted by Gasteiger charge is 2.48. The minimum atomic E-state index is -4.49. The van der Waals surface area contributed by atoms with Gasteiger partial charge in [-0.05, 0) is 48.1 Å². The fourth-order valence-electron chi connectivity index (χ4n) is 3.63. The van der Waals surface area contributed by atoms with Crippen molar-refractivity contribution >= 4 is 23.2 Å². The van der Waals surface area contributed by atoms with Crippen molar-refractivity contribution in [3.63, 3.8) is 0 Å². The maximum Gasteiger partial charge on any atom is 0.416 e. The number of amides is 2. The molecule has 2 aromatic rings. The van der Waals surface area contributed by atoms with Gasteiger partial charge in [-0.1, -0.05) is 18.2 Å². The molecule has 8 heteroatoms. The normalized spacial score (nSPS) is 20.9. The van der Waals surface area contributed by atoms with E-state index in [2.05, 4.69) is 10.6 Å². The topological polar surface area (TPSA) is 58.2 Å². The monoisotopic (exact) mass is 392 g/mol. The minimum Gasteiger partial charge on any atom is -0.326 e. The van der Waals surface area contributed by atoms with Crippen molar-refractivity contribution in [1.82, 2.24) is 0 Å². The molecule has 0 aromatic heterocycles. The zero-order valence-electron chi connectivity index (χ0n) is 14.6. The molecule has 1 fully saturated rings. The molecule has 2 aliphatic rings. The van der Waals surface area contributed by atoms with Gasteiger partial charge in [-0.2, -0.15) is 13.2 Å². The molecule has 0 saturated heterocycles. The number of rotatable bonds is 3. The number of fused-ring (bicyclic) bond motifs is 1. The van der Waals surface area contributed by atoms with Gasteiger partial charge in [0.15, 0.2) is 0 Å². The number of carbonyl (C=O) groups excluding carboxylic acids is 2. The molecule has 0 bridgehead atoms. The summed E-state index contributed by atoms with van der Waals surface area (Å²) in [5.74, 6) is -2.60. The Hall–Kier alpha value is -2.90. The number of carbonyl (C=O) groups is 2. The van der Waals surface area contributed by atoms with Crippen LogP contribution in [0, 0.1) is 11.7 Å². The Bertz CT molecular complexity index is 971. The van der Waals surface area contributed by atoms with Crippen LogP contribution in [0.5, 0.6) is 0 Å². The van der Waals surface area contributed by atoms with Crippen LogP contribution in [0.1, 0.15) is 35.4 Å². The Morgan fingerprint density at radius 1 is 1.14 bits per heavy atom. The van der Waals surface area contributed by atoms with E-state index in [1.165, 1.54) is 24.3 Å². The van der Waals surface area contributed by atoms with Gasteiger partial charge in [0.1, 0.15) is 5.82 Å². The lowest BCUT2D eigenvalue weighted by molar-refractivity contribution is -0.138. The predicted octanol–water partition coefficient (Wildman–Crippen LogP) is 4.47. The third-order valence-electron chi connectivity index (χ3n) is 5.14. The van der Waals surface area contributed by atoms with E-state index in [0.717, 1.165) is 12.1 Å². The quantitative estimate of drug-likeness (QED) is 0.758. The van der Waals surface area contributed by atoms with Crippen LogP contribution in [0.25, 0.3) is 0 Å². The molecular weight excluding hydrogens is 376 g/mol. The molecule has 1 aliphatic carbocycles. The molecule has 2 aromatic carbocycles. The molecule has 2 atom stereocenters. The van der Waals surface area contributed by atoms with Crippen LogP contribution in [-0.2, 0) is 22.2 Å². The van der Waals surface area contributed by atoms with Crippen molar-refractivity contribution < 1.29 is 27.2 Å². The summed E-state index contributed by atoms with van der Waals surface area (Å²) in [6.07, 6.45) is -3.52. The highest BCUT2D eigenvalue weighted by Crippen LogP contribution is 2.51. The molecule has 146 valence electrons. The summed E-state index contributed by atoms with van der Waals surface area (Å²) in [6.45, 7) is 0. The van der Waals surface area contributed by atoms with E-state index >= 15 is 0 Å². The second-order valence-electron chi connectivity index (χ2n) is 7.06. The summed E-state index contributed by atoms with van der Waals surface area (Å²) in [4.78, 5) is 23.8. The van der Waals surface area contributed by atoms with Crippen molar-refractivity contribution in [2.24, 2.45) is 5.92 Å². The number of halogens is 4. The summed E-state index contributed by atoms with van der Waals surface area (Å²) in [7, 11) is 0. The minimum absolute atomic E-state index is 0.0327. The Balaban J connectivity index is 1.51. The van der Waals surface area contributed by atoms with E-state index in [-0.39, 0.29) is 30.0 Å². The summed E-state index contributed by atoms with van der Waals surface area (Å²) < 4.78 is 53.8. The average Bonchev–Trinajstić information content (AvgIpc) is 3.42. The van der Waals surface area contributed by atoms with Crippen LogP contribution in [0.3, 0.4) is 0 Å². The number of anilines is 2. The second kappa shape index (κ2) is 6.61. The van der Waals surface area contributed by atoms with E-state index in [1.54, 1.807) is 0 Å². The standard InChI is InChI=1S/C20H16F4N2O2/c21-15-9-16-10(5-6-18(27)25-16)7-17(15)26-19(28)13-8-12(13)11-3-1-2-4-14(11)20(22,23)24/h1-4,7,9,12-13H,5-6,8H2,(H,25,27)(H,26,28). The van der Waals surface area contributed by atoms with Crippen LogP contribution < -0.4 is 10.6 Å². The number of benzene rings is 2. The zero-order chi connectivity index (χ0) is 20.1. The van der Waals surface area contributed by atoms with Gasteiger partial charge >= 0.3 is 6.18 Å². The Kier molecular flexibility index (Phi) is 4.36. The summed E-state index contributed by atoms with van der Waals surface area (Å²) >= 11 is 0. The van der Waals surface area contributed by atoms with Gasteiger partial charge in [-0.15, -0.1) is 0 Å². The van der Waals surface area contributed by atoms with Crippen molar-refractivity contribution in [2.75, 3.05) is 10.6 Å². The van der Waals surface area contributed by atoms with Crippen LogP contribution in [0.15, 0.2) is 36.4 Å². The van der Waals surface area contributed by atoms with Crippen LogP contribution in [0.2, 0.25) is 0 Å². The van der Waals surface area contributed by atoms with Gasteiger partial charge in [0.05, 0.1) is 11.3 Å². The summed E-state index contributed by atoms with van der Waals surface area (Å²) in [5.41, 5.74) is 0.380. The van der Waals surface area contributed by atoms with Crippen molar-refractivity contribution in [3.8, 4) is 0 Å². The highest BCUT2D eigenvalue weighted by molar-refractivity contribution is 5.97. The fraction of sp³-hybridized carbons (Fsp3) is 0.300. The molecule has 2 N–H and O–H groups in total. The Labute approximate surface area is 157 Å². The molecule has 4 nitrogen and oxygen atoms in total. The molecular formula is C20H16F4N2O2. The molecule has 1 saturated carbocycles. The number of alkyl halides is 3. The molecule has 28 heavy (non-hydrogen) atoms.